The van der Waals surface area contributed by atoms with Gasteiger partial charge in [-0.1, -0.05) is 40.2 Å². The van der Waals surface area contributed by atoms with Crippen LogP contribution in [0.25, 0.3) is 0 Å². The number of ether oxygens (including phenoxy) is 2. The van der Waals surface area contributed by atoms with Crippen molar-refractivity contribution in [3.8, 4) is 5.75 Å². The minimum absolute atomic E-state index is 0.0400. The molecule has 1 fully saturated rings. The van der Waals surface area contributed by atoms with Crippen molar-refractivity contribution in [2.24, 2.45) is 0 Å². The number of aliphatic hydroxyl groups excluding tert-OH is 1. The molecule has 134 valence electrons. The van der Waals surface area contributed by atoms with Crippen molar-refractivity contribution in [3.05, 3.63) is 63.0 Å². The van der Waals surface area contributed by atoms with Crippen LogP contribution in [-0.2, 0) is 4.74 Å². The van der Waals surface area contributed by atoms with Crippen molar-refractivity contribution in [2.45, 2.75) is 12.2 Å². The molecule has 0 aromatic heterocycles. The Labute approximate surface area is 165 Å². The molecule has 0 bridgehead atoms. The first-order valence-electron chi connectivity index (χ1n) is 8.26. The van der Waals surface area contributed by atoms with Crippen LogP contribution in [-0.4, -0.2) is 49.0 Å². The number of rotatable bonds is 6. The van der Waals surface area contributed by atoms with Gasteiger partial charge in [-0.2, -0.15) is 0 Å². The minimum atomic E-state index is -0.546. The Morgan fingerprint density at radius 3 is 2.68 bits per heavy atom. The topological polar surface area (TPSA) is 41.9 Å². The van der Waals surface area contributed by atoms with Gasteiger partial charge in [0.2, 0.25) is 0 Å². The summed E-state index contributed by atoms with van der Waals surface area (Å²) in [7, 11) is 0. The van der Waals surface area contributed by atoms with E-state index < -0.39 is 6.10 Å². The van der Waals surface area contributed by atoms with Gasteiger partial charge in [-0.15, -0.1) is 0 Å². The number of hydrogen-bond acceptors (Lipinski definition) is 4. The van der Waals surface area contributed by atoms with E-state index in [0.29, 0.717) is 13.2 Å². The van der Waals surface area contributed by atoms with E-state index in [1.165, 1.54) is 0 Å². The van der Waals surface area contributed by atoms with E-state index in [1.807, 2.05) is 36.4 Å². The van der Waals surface area contributed by atoms with Gasteiger partial charge in [0.05, 0.1) is 17.2 Å². The molecule has 6 heteroatoms. The van der Waals surface area contributed by atoms with Gasteiger partial charge in [-0.3, -0.25) is 4.90 Å². The third-order valence-electron chi connectivity index (χ3n) is 4.13. The molecule has 2 atom stereocenters. The number of benzene rings is 2. The molecule has 1 saturated heterocycles. The van der Waals surface area contributed by atoms with Gasteiger partial charge in [-0.05, 0) is 45.8 Å². The predicted octanol–water partition coefficient (Wildman–Crippen LogP) is 4.02. The molecule has 25 heavy (non-hydrogen) atoms. The first-order valence-corrected chi connectivity index (χ1v) is 9.85. The molecular weight excluding hydrogens is 450 g/mol. The van der Waals surface area contributed by atoms with Crippen LogP contribution >= 0.6 is 31.9 Å². The van der Waals surface area contributed by atoms with Crippen LogP contribution in [0.5, 0.6) is 5.75 Å². The summed E-state index contributed by atoms with van der Waals surface area (Å²) in [5.41, 5.74) is 1.16. The molecule has 0 amide bonds. The molecule has 2 aromatic rings. The van der Waals surface area contributed by atoms with Crippen LogP contribution in [0.3, 0.4) is 0 Å². The highest BCUT2D eigenvalue weighted by molar-refractivity contribution is 9.10. The summed E-state index contributed by atoms with van der Waals surface area (Å²) in [6, 6.07) is 15.9. The Hall–Kier alpha value is -0.920. The zero-order valence-electron chi connectivity index (χ0n) is 13.8. The van der Waals surface area contributed by atoms with Crippen molar-refractivity contribution >= 4 is 31.9 Å². The number of para-hydroxylation sites is 1. The molecular formula is C19H21Br2NO3. The zero-order valence-corrected chi connectivity index (χ0v) is 16.9. The summed E-state index contributed by atoms with van der Waals surface area (Å²) in [5.74, 6) is 0.747. The van der Waals surface area contributed by atoms with Crippen LogP contribution in [0.4, 0.5) is 0 Å². The van der Waals surface area contributed by atoms with Crippen LogP contribution in [0.15, 0.2) is 57.5 Å². The highest BCUT2D eigenvalue weighted by Gasteiger charge is 2.23. The normalized spacial score (nSPS) is 19.6. The maximum absolute atomic E-state index is 10.3. The number of morpholine rings is 1. The van der Waals surface area contributed by atoms with Gasteiger partial charge in [-0.25, -0.2) is 0 Å². The van der Waals surface area contributed by atoms with E-state index >= 15 is 0 Å². The molecule has 2 unspecified atom stereocenters. The van der Waals surface area contributed by atoms with Crippen molar-refractivity contribution in [3.63, 3.8) is 0 Å². The molecule has 0 spiro atoms. The largest absolute Gasteiger partial charge is 0.490 e. The third-order valence-corrected chi connectivity index (χ3v) is 5.31. The smallest absolute Gasteiger partial charge is 0.133 e. The lowest BCUT2D eigenvalue weighted by Gasteiger charge is -2.34. The van der Waals surface area contributed by atoms with Crippen molar-refractivity contribution < 1.29 is 14.6 Å². The fourth-order valence-corrected chi connectivity index (χ4v) is 3.51. The third kappa shape index (κ3) is 5.53. The Morgan fingerprint density at radius 2 is 1.92 bits per heavy atom. The first kappa shape index (κ1) is 18.9. The molecule has 1 aliphatic heterocycles. The second kappa shape index (κ2) is 9.14. The van der Waals surface area contributed by atoms with Crippen molar-refractivity contribution in [1.29, 1.82) is 0 Å². The number of β-amino-alcohol motifs (C(OH)–C–C–N with tert-alkyl or cyclic N) is 1. The van der Waals surface area contributed by atoms with Crippen LogP contribution < -0.4 is 4.74 Å². The van der Waals surface area contributed by atoms with Crippen LogP contribution in [0, 0.1) is 0 Å². The van der Waals surface area contributed by atoms with E-state index in [-0.39, 0.29) is 12.7 Å². The second-order valence-corrected chi connectivity index (χ2v) is 7.84. The molecule has 2 aromatic carbocycles. The number of aliphatic hydroxyl groups is 1. The molecule has 0 radical (unpaired) electrons. The van der Waals surface area contributed by atoms with Gasteiger partial charge in [0, 0.05) is 24.1 Å². The Bertz CT molecular complexity index is 681. The Morgan fingerprint density at radius 1 is 1.16 bits per heavy atom. The van der Waals surface area contributed by atoms with E-state index in [4.69, 9.17) is 9.47 Å². The molecule has 0 saturated carbocycles. The fraction of sp³-hybridized carbons (Fsp3) is 0.368. The quantitative estimate of drug-likeness (QED) is 0.692. The summed E-state index contributed by atoms with van der Waals surface area (Å²) >= 11 is 6.90. The number of halogens is 2. The molecule has 4 nitrogen and oxygen atoms in total. The second-order valence-electron chi connectivity index (χ2n) is 6.07. The average Bonchev–Trinajstić information content (AvgIpc) is 2.62. The van der Waals surface area contributed by atoms with Gasteiger partial charge in [0.25, 0.3) is 0 Å². The van der Waals surface area contributed by atoms with Crippen molar-refractivity contribution in [2.75, 3.05) is 32.8 Å². The fourth-order valence-electron chi connectivity index (χ4n) is 2.85. The summed E-state index contributed by atoms with van der Waals surface area (Å²) in [6.45, 7) is 3.09. The summed E-state index contributed by atoms with van der Waals surface area (Å²) in [6.07, 6.45) is -0.506. The highest BCUT2D eigenvalue weighted by atomic mass is 79.9. The lowest BCUT2D eigenvalue weighted by Crippen LogP contribution is -2.43. The zero-order chi connectivity index (χ0) is 17.6. The van der Waals surface area contributed by atoms with Gasteiger partial charge in [0.1, 0.15) is 18.5 Å². The first-order chi connectivity index (χ1) is 12.1. The SMILES string of the molecule is OC(COc1ccccc1Br)CN1CCOC(c2ccc(Br)cc2)C1. The Balaban J connectivity index is 1.50. The van der Waals surface area contributed by atoms with Gasteiger partial charge >= 0.3 is 0 Å². The molecule has 1 heterocycles. The molecule has 1 N–H and O–H groups in total. The maximum Gasteiger partial charge on any atom is 0.133 e. The predicted molar refractivity (Wildman–Crippen MR) is 105 cm³/mol. The summed E-state index contributed by atoms with van der Waals surface area (Å²) < 4.78 is 13.5. The van der Waals surface area contributed by atoms with E-state index in [2.05, 4.69) is 48.9 Å². The summed E-state index contributed by atoms with van der Waals surface area (Å²) in [5, 5.41) is 10.3. The van der Waals surface area contributed by atoms with E-state index in [9.17, 15) is 5.11 Å². The summed E-state index contributed by atoms with van der Waals surface area (Å²) in [4.78, 5) is 2.23. The minimum Gasteiger partial charge on any atom is -0.490 e. The molecule has 1 aliphatic rings. The lowest BCUT2D eigenvalue weighted by molar-refractivity contribution is -0.0459. The number of hydrogen-bond donors (Lipinski definition) is 1. The molecule has 0 aliphatic carbocycles. The van der Waals surface area contributed by atoms with Crippen molar-refractivity contribution in [1.82, 2.24) is 4.90 Å². The molecule has 3 rings (SSSR count). The van der Waals surface area contributed by atoms with E-state index in [0.717, 1.165) is 33.3 Å². The Kier molecular flexibility index (Phi) is 6.90. The van der Waals surface area contributed by atoms with Crippen LogP contribution in [0.1, 0.15) is 11.7 Å². The van der Waals surface area contributed by atoms with E-state index in [1.54, 1.807) is 0 Å². The average molecular weight is 471 g/mol. The standard InChI is InChI=1S/C19H21Br2NO3/c20-15-7-5-14(6-8-15)19-12-22(9-10-24-19)11-16(23)13-25-18-4-2-1-3-17(18)21/h1-8,16,19,23H,9-13H2. The maximum atomic E-state index is 10.3. The van der Waals surface area contributed by atoms with Gasteiger partial charge in [0.15, 0.2) is 0 Å². The lowest BCUT2D eigenvalue weighted by atomic mass is 10.1. The monoisotopic (exact) mass is 469 g/mol. The highest BCUT2D eigenvalue weighted by Crippen LogP contribution is 2.25. The van der Waals surface area contributed by atoms with Gasteiger partial charge < -0.3 is 14.6 Å². The number of nitrogens with zero attached hydrogens (tertiary/aromatic N) is 1. The van der Waals surface area contributed by atoms with Crippen LogP contribution in [0.2, 0.25) is 0 Å².